The van der Waals surface area contributed by atoms with E-state index in [9.17, 15) is 14.7 Å². The van der Waals surface area contributed by atoms with E-state index >= 15 is 0 Å². The van der Waals surface area contributed by atoms with Gasteiger partial charge in [-0.3, -0.25) is 4.79 Å². The number of carboxylic acid groups (broad SMARTS) is 1. The summed E-state index contributed by atoms with van der Waals surface area (Å²) in [6.07, 6.45) is 1.62. The van der Waals surface area contributed by atoms with Crippen LogP contribution in [0.3, 0.4) is 0 Å². The minimum atomic E-state index is -1.21. The van der Waals surface area contributed by atoms with Crippen molar-refractivity contribution in [1.29, 1.82) is 0 Å². The molecule has 0 aliphatic heterocycles. The van der Waals surface area contributed by atoms with Gasteiger partial charge in [0.15, 0.2) is 5.78 Å². The van der Waals surface area contributed by atoms with Gasteiger partial charge in [-0.25, -0.2) is 9.78 Å². The quantitative estimate of drug-likeness (QED) is 0.309. The molecule has 0 fully saturated rings. The number of carboxylic acids is 1. The molecule has 4 rings (SSSR count). The Morgan fingerprint density at radius 2 is 1.64 bits per heavy atom. The highest BCUT2D eigenvalue weighted by Gasteiger charge is 2.24. The molecular weight excluding hydrogens is 442 g/mol. The second kappa shape index (κ2) is 9.58. The average molecular weight is 461 g/mol. The first-order valence-corrected chi connectivity index (χ1v) is 10.6. The molecule has 0 unspecified atom stereocenters. The Hall–Kier alpha value is -4.11. The van der Waals surface area contributed by atoms with Crippen LogP contribution in [0.2, 0.25) is 0 Å². The lowest BCUT2D eigenvalue weighted by atomic mass is 9.89. The van der Waals surface area contributed by atoms with Crippen LogP contribution in [0.15, 0.2) is 66.4 Å². The van der Waals surface area contributed by atoms with E-state index in [0.29, 0.717) is 39.4 Å². The van der Waals surface area contributed by atoms with Gasteiger partial charge < -0.3 is 14.6 Å². The van der Waals surface area contributed by atoms with Gasteiger partial charge in [0.1, 0.15) is 16.8 Å². The van der Waals surface area contributed by atoms with E-state index in [1.165, 1.54) is 14.2 Å². The number of ketones is 1. The lowest BCUT2D eigenvalue weighted by molar-refractivity contribution is -0.130. The van der Waals surface area contributed by atoms with E-state index < -0.39 is 11.8 Å². The highest BCUT2D eigenvalue weighted by molar-refractivity contribution is 7.00. The standard InChI is InChI=1S/C24H19N3O5S/c1-31-17-6-3-15(4-7-17)23(28)18(11-14-9-10-25-21(12-14)32-2)22(24(29)30)16-5-8-19-20(13-16)27-33-26-19/h3-10,12-13H,11H2,1-2H3,(H,29,30). The van der Waals surface area contributed by atoms with E-state index in [-0.39, 0.29) is 17.6 Å². The van der Waals surface area contributed by atoms with Gasteiger partial charge in [0.25, 0.3) is 0 Å². The zero-order valence-electron chi connectivity index (χ0n) is 17.8. The van der Waals surface area contributed by atoms with Crippen molar-refractivity contribution in [3.63, 3.8) is 0 Å². The van der Waals surface area contributed by atoms with Gasteiger partial charge >= 0.3 is 5.97 Å². The summed E-state index contributed by atoms with van der Waals surface area (Å²) in [6, 6.07) is 14.9. The first-order valence-electron chi connectivity index (χ1n) is 9.87. The van der Waals surface area contributed by atoms with Crippen LogP contribution in [0.5, 0.6) is 11.6 Å². The second-order valence-electron chi connectivity index (χ2n) is 7.07. The number of Topliss-reactive ketones (excluding diaryl/α,β-unsaturated/α-hetero) is 1. The van der Waals surface area contributed by atoms with Crippen LogP contribution >= 0.6 is 11.7 Å². The number of benzene rings is 2. The van der Waals surface area contributed by atoms with Crippen molar-refractivity contribution in [1.82, 2.24) is 13.7 Å². The summed E-state index contributed by atoms with van der Waals surface area (Å²) in [4.78, 5) is 30.2. The number of aliphatic carboxylic acids is 1. The molecule has 166 valence electrons. The van der Waals surface area contributed by atoms with Crippen molar-refractivity contribution in [2.45, 2.75) is 6.42 Å². The number of rotatable bonds is 8. The van der Waals surface area contributed by atoms with Gasteiger partial charge in [-0.05, 0) is 53.6 Å². The fraction of sp³-hybridized carbons (Fsp3) is 0.125. The lowest BCUT2D eigenvalue weighted by Gasteiger charge is -2.14. The summed E-state index contributed by atoms with van der Waals surface area (Å²) in [5.41, 5.74) is 2.68. The number of allylic oxidation sites excluding steroid dienone is 1. The molecule has 0 amide bonds. The average Bonchev–Trinajstić information content (AvgIpc) is 3.31. The lowest BCUT2D eigenvalue weighted by Crippen LogP contribution is -2.14. The van der Waals surface area contributed by atoms with E-state index in [2.05, 4.69) is 13.7 Å². The van der Waals surface area contributed by atoms with Crippen LogP contribution in [0.4, 0.5) is 0 Å². The molecule has 0 saturated heterocycles. The summed E-state index contributed by atoms with van der Waals surface area (Å²) < 4.78 is 18.7. The van der Waals surface area contributed by atoms with E-state index in [1.54, 1.807) is 60.8 Å². The van der Waals surface area contributed by atoms with Crippen molar-refractivity contribution < 1.29 is 24.2 Å². The first kappa shape index (κ1) is 22.1. The maximum Gasteiger partial charge on any atom is 0.336 e. The molecule has 2 aromatic heterocycles. The van der Waals surface area contributed by atoms with Crippen LogP contribution in [0.25, 0.3) is 16.6 Å². The smallest absolute Gasteiger partial charge is 0.336 e. The fourth-order valence-corrected chi connectivity index (χ4v) is 3.96. The van der Waals surface area contributed by atoms with Crippen molar-refractivity contribution in [3.8, 4) is 11.6 Å². The van der Waals surface area contributed by atoms with Gasteiger partial charge in [0.05, 0.1) is 31.5 Å². The number of hydrogen-bond acceptors (Lipinski definition) is 8. The maximum absolute atomic E-state index is 13.6. The third-order valence-electron chi connectivity index (χ3n) is 5.07. The summed E-state index contributed by atoms with van der Waals surface area (Å²) in [5.74, 6) is -0.649. The van der Waals surface area contributed by atoms with E-state index in [1.807, 2.05) is 0 Å². The summed E-state index contributed by atoms with van der Waals surface area (Å²) in [7, 11) is 3.02. The molecule has 2 aromatic carbocycles. The third kappa shape index (κ3) is 4.73. The Labute approximate surface area is 193 Å². The molecule has 0 bridgehead atoms. The molecule has 0 atom stereocenters. The normalized spacial score (nSPS) is 11.7. The Kier molecular flexibility index (Phi) is 6.41. The van der Waals surface area contributed by atoms with Crippen molar-refractivity contribution >= 4 is 40.1 Å². The number of carbonyl (C=O) groups is 2. The first-order chi connectivity index (χ1) is 16.0. The zero-order valence-corrected chi connectivity index (χ0v) is 18.6. The largest absolute Gasteiger partial charge is 0.497 e. The van der Waals surface area contributed by atoms with Crippen LogP contribution in [-0.4, -0.2) is 44.8 Å². The second-order valence-corrected chi connectivity index (χ2v) is 7.60. The summed E-state index contributed by atoms with van der Waals surface area (Å²) in [5, 5.41) is 10.2. The number of methoxy groups -OCH3 is 2. The molecule has 9 heteroatoms. The maximum atomic E-state index is 13.6. The molecule has 0 spiro atoms. The number of pyridine rings is 1. The Balaban J connectivity index is 1.89. The minimum absolute atomic E-state index is 0.0682. The van der Waals surface area contributed by atoms with Crippen LogP contribution in [-0.2, 0) is 11.2 Å². The van der Waals surface area contributed by atoms with Crippen molar-refractivity contribution in [2.24, 2.45) is 0 Å². The molecule has 33 heavy (non-hydrogen) atoms. The number of hydrogen-bond donors (Lipinski definition) is 1. The molecule has 0 aliphatic rings. The number of nitrogens with zero attached hydrogens (tertiary/aromatic N) is 3. The van der Waals surface area contributed by atoms with E-state index in [0.717, 1.165) is 11.7 Å². The van der Waals surface area contributed by atoms with E-state index in [4.69, 9.17) is 9.47 Å². The van der Waals surface area contributed by atoms with Crippen LogP contribution < -0.4 is 9.47 Å². The van der Waals surface area contributed by atoms with Gasteiger partial charge in [0.2, 0.25) is 5.88 Å². The Bertz CT molecular complexity index is 1360. The van der Waals surface area contributed by atoms with Crippen LogP contribution in [0.1, 0.15) is 21.5 Å². The predicted molar refractivity (Wildman–Crippen MR) is 124 cm³/mol. The number of fused-ring (bicyclic) bond motifs is 1. The Morgan fingerprint density at radius 1 is 0.909 bits per heavy atom. The highest BCUT2D eigenvalue weighted by atomic mass is 32.1. The molecule has 1 N–H and O–H groups in total. The van der Waals surface area contributed by atoms with Gasteiger partial charge in [-0.2, -0.15) is 8.75 Å². The van der Waals surface area contributed by atoms with Gasteiger partial charge in [-0.15, -0.1) is 0 Å². The minimum Gasteiger partial charge on any atom is -0.497 e. The molecule has 0 aliphatic carbocycles. The summed E-state index contributed by atoms with van der Waals surface area (Å²) >= 11 is 1.04. The highest BCUT2D eigenvalue weighted by Crippen LogP contribution is 2.28. The van der Waals surface area contributed by atoms with Crippen molar-refractivity contribution in [2.75, 3.05) is 14.2 Å². The van der Waals surface area contributed by atoms with Crippen LogP contribution in [0, 0.1) is 0 Å². The van der Waals surface area contributed by atoms with Gasteiger partial charge in [-0.1, -0.05) is 6.07 Å². The Morgan fingerprint density at radius 3 is 2.33 bits per heavy atom. The third-order valence-corrected chi connectivity index (χ3v) is 5.63. The SMILES string of the molecule is COc1ccc(C(=O)C(Cc2ccnc(OC)c2)=C(C(=O)O)c2ccc3nsnc3c2)cc1. The number of carbonyl (C=O) groups excluding carboxylic acids is 1. The van der Waals surface area contributed by atoms with Crippen molar-refractivity contribution in [3.05, 3.63) is 83.1 Å². The number of aromatic nitrogens is 3. The predicted octanol–water partition coefficient (Wildman–Crippen LogP) is 4.07. The topological polar surface area (TPSA) is 112 Å². The monoisotopic (exact) mass is 461 g/mol. The molecule has 0 saturated carbocycles. The zero-order chi connectivity index (χ0) is 23.4. The number of ether oxygens (including phenoxy) is 2. The molecule has 4 aromatic rings. The summed E-state index contributed by atoms with van der Waals surface area (Å²) in [6.45, 7) is 0. The fourth-order valence-electron chi connectivity index (χ4n) is 3.44. The van der Waals surface area contributed by atoms with Gasteiger partial charge in [0, 0.05) is 29.8 Å². The molecule has 8 nitrogen and oxygen atoms in total. The molecular formula is C24H19N3O5S. The molecule has 0 radical (unpaired) electrons. The molecule has 2 heterocycles.